The Bertz CT molecular complexity index is 704. The number of halogens is 3. The Morgan fingerprint density at radius 2 is 1.90 bits per heavy atom. The van der Waals surface area contributed by atoms with Gasteiger partial charge >= 0.3 is 12.1 Å². The fraction of sp³-hybridized carbons (Fsp3) is 0.700. The first-order valence-electron chi connectivity index (χ1n) is 10.2. The summed E-state index contributed by atoms with van der Waals surface area (Å²) < 4.78 is 42.9. The van der Waals surface area contributed by atoms with Crippen LogP contribution in [0.25, 0.3) is 0 Å². The number of amides is 1. The van der Waals surface area contributed by atoms with Crippen LogP contribution in [0.1, 0.15) is 31.2 Å². The van der Waals surface area contributed by atoms with E-state index in [1.165, 1.54) is 5.56 Å². The standard InChI is InChI=1S/C18H26N2O3.C2HF3O2/c21-18(20-5-1-2-6-20)9-17-16-3-7-19(11-15(16)13-23-17)10-14-4-8-22-12-14;3-2(4,5)1(6)7/h4,8,12,15-17H,1-3,5-7,9-11,13H2;(H,6,7)/t15-,16-,17+;/m1./s1. The van der Waals surface area contributed by atoms with Crippen LogP contribution in [0.3, 0.4) is 0 Å². The molecule has 0 bridgehead atoms. The van der Waals surface area contributed by atoms with E-state index in [0.717, 1.165) is 58.6 Å². The van der Waals surface area contributed by atoms with Gasteiger partial charge in [-0.05, 0) is 37.8 Å². The van der Waals surface area contributed by atoms with Gasteiger partial charge in [-0.3, -0.25) is 9.69 Å². The number of fused-ring (bicyclic) bond motifs is 1. The molecule has 4 heterocycles. The van der Waals surface area contributed by atoms with Gasteiger partial charge in [-0.2, -0.15) is 13.2 Å². The summed E-state index contributed by atoms with van der Waals surface area (Å²) >= 11 is 0. The summed E-state index contributed by atoms with van der Waals surface area (Å²) in [6.45, 7) is 5.81. The van der Waals surface area contributed by atoms with Gasteiger partial charge in [0.15, 0.2) is 0 Å². The van der Waals surface area contributed by atoms with Crippen LogP contribution >= 0.6 is 0 Å². The number of ether oxygens (including phenoxy) is 1. The molecule has 168 valence electrons. The van der Waals surface area contributed by atoms with Crippen molar-refractivity contribution in [2.24, 2.45) is 11.8 Å². The van der Waals surface area contributed by atoms with Crippen LogP contribution in [0, 0.1) is 11.8 Å². The molecule has 3 atom stereocenters. The van der Waals surface area contributed by atoms with Gasteiger partial charge in [0.1, 0.15) is 0 Å². The summed E-state index contributed by atoms with van der Waals surface area (Å²) in [5.74, 6) is -1.32. The van der Waals surface area contributed by atoms with Gasteiger partial charge in [0, 0.05) is 37.7 Å². The molecule has 1 amide bonds. The van der Waals surface area contributed by atoms with Gasteiger partial charge in [-0.25, -0.2) is 4.79 Å². The van der Waals surface area contributed by atoms with Gasteiger partial charge < -0.3 is 19.2 Å². The lowest BCUT2D eigenvalue weighted by atomic mass is 9.83. The predicted octanol–water partition coefficient (Wildman–Crippen LogP) is 2.76. The number of likely N-dealkylation sites (tertiary alicyclic amines) is 2. The molecule has 1 N–H and O–H groups in total. The molecule has 10 heteroatoms. The first-order valence-corrected chi connectivity index (χ1v) is 10.2. The number of carboxylic acids is 1. The fourth-order valence-electron chi connectivity index (χ4n) is 4.42. The Labute approximate surface area is 172 Å². The van der Waals surface area contributed by atoms with E-state index in [1.807, 2.05) is 17.2 Å². The monoisotopic (exact) mass is 432 g/mol. The summed E-state index contributed by atoms with van der Waals surface area (Å²) in [6, 6.07) is 2.04. The highest BCUT2D eigenvalue weighted by atomic mass is 19.4. The van der Waals surface area contributed by atoms with Gasteiger partial charge in [-0.1, -0.05) is 0 Å². The molecule has 0 aromatic carbocycles. The van der Waals surface area contributed by atoms with Gasteiger partial charge in [-0.15, -0.1) is 0 Å². The second-order valence-electron chi connectivity index (χ2n) is 8.05. The molecule has 3 saturated heterocycles. The van der Waals surface area contributed by atoms with Crippen molar-refractivity contribution in [2.75, 3.05) is 32.8 Å². The number of carbonyl (C=O) groups excluding carboxylic acids is 1. The summed E-state index contributed by atoms with van der Waals surface area (Å²) in [5, 5.41) is 7.12. The van der Waals surface area contributed by atoms with Crippen LogP contribution in [0.15, 0.2) is 23.0 Å². The molecule has 0 radical (unpaired) electrons. The van der Waals surface area contributed by atoms with Crippen molar-refractivity contribution in [3.8, 4) is 0 Å². The highest BCUT2D eigenvalue weighted by Crippen LogP contribution is 2.36. The van der Waals surface area contributed by atoms with Crippen molar-refractivity contribution in [3.05, 3.63) is 24.2 Å². The van der Waals surface area contributed by atoms with E-state index in [4.69, 9.17) is 19.1 Å². The lowest BCUT2D eigenvalue weighted by Crippen LogP contribution is -2.42. The summed E-state index contributed by atoms with van der Waals surface area (Å²) in [4.78, 5) is 25.8. The van der Waals surface area contributed by atoms with Crippen LogP contribution in [0.5, 0.6) is 0 Å². The molecule has 3 fully saturated rings. The number of hydrogen-bond donors (Lipinski definition) is 1. The maximum atomic E-state index is 12.4. The molecular formula is C20H27F3N2O5. The number of carbonyl (C=O) groups is 2. The Balaban J connectivity index is 0.000000318. The Kier molecular flexibility index (Phi) is 7.41. The van der Waals surface area contributed by atoms with Crippen molar-refractivity contribution in [2.45, 2.75) is 44.5 Å². The molecule has 7 nitrogen and oxygen atoms in total. The Hall–Kier alpha value is -2.07. The third-order valence-corrected chi connectivity index (χ3v) is 5.94. The van der Waals surface area contributed by atoms with Crippen LogP contribution in [0.2, 0.25) is 0 Å². The molecule has 4 rings (SSSR count). The average molecular weight is 432 g/mol. The summed E-state index contributed by atoms with van der Waals surface area (Å²) in [6.07, 6.45) is 2.67. The van der Waals surface area contributed by atoms with Crippen molar-refractivity contribution in [1.29, 1.82) is 0 Å². The molecule has 0 unspecified atom stereocenters. The topological polar surface area (TPSA) is 83.2 Å². The first kappa shape index (κ1) is 22.6. The van der Waals surface area contributed by atoms with Crippen molar-refractivity contribution >= 4 is 11.9 Å². The third kappa shape index (κ3) is 5.98. The average Bonchev–Trinajstić information content (AvgIpc) is 3.44. The number of nitrogens with zero attached hydrogens (tertiary/aromatic N) is 2. The van der Waals surface area contributed by atoms with E-state index in [9.17, 15) is 18.0 Å². The zero-order valence-corrected chi connectivity index (χ0v) is 16.6. The summed E-state index contributed by atoms with van der Waals surface area (Å²) in [5.41, 5.74) is 1.24. The molecule has 3 aliphatic heterocycles. The van der Waals surface area contributed by atoms with E-state index < -0.39 is 12.1 Å². The minimum Gasteiger partial charge on any atom is -0.475 e. The lowest BCUT2D eigenvalue weighted by Gasteiger charge is -2.35. The molecule has 0 saturated carbocycles. The Morgan fingerprint density at radius 1 is 1.20 bits per heavy atom. The first-order chi connectivity index (χ1) is 14.2. The number of rotatable bonds is 4. The van der Waals surface area contributed by atoms with Crippen LogP contribution < -0.4 is 0 Å². The maximum Gasteiger partial charge on any atom is 0.490 e. The van der Waals surface area contributed by atoms with Crippen LogP contribution in [-0.2, 0) is 20.9 Å². The number of carboxylic acid groups (broad SMARTS) is 1. The molecule has 0 spiro atoms. The lowest BCUT2D eigenvalue weighted by molar-refractivity contribution is -0.192. The van der Waals surface area contributed by atoms with Crippen LogP contribution in [-0.4, -0.2) is 71.8 Å². The number of furan rings is 1. The largest absolute Gasteiger partial charge is 0.490 e. The van der Waals surface area contributed by atoms with Crippen molar-refractivity contribution < 1.29 is 37.0 Å². The van der Waals surface area contributed by atoms with E-state index in [-0.39, 0.29) is 6.10 Å². The maximum absolute atomic E-state index is 12.4. The number of piperidine rings is 1. The van der Waals surface area contributed by atoms with Gasteiger partial charge in [0.2, 0.25) is 5.91 Å². The fourth-order valence-corrected chi connectivity index (χ4v) is 4.42. The number of aliphatic carboxylic acids is 1. The smallest absolute Gasteiger partial charge is 0.475 e. The van der Waals surface area contributed by atoms with Crippen LogP contribution in [0.4, 0.5) is 13.2 Å². The molecule has 3 aliphatic rings. The highest BCUT2D eigenvalue weighted by molar-refractivity contribution is 5.77. The van der Waals surface area contributed by atoms with Crippen molar-refractivity contribution in [1.82, 2.24) is 9.80 Å². The quantitative estimate of drug-likeness (QED) is 0.788. The summed E-state index contributed by atoms with van der Waals surface area (Å²) in [7, 11) is 0. The number of hydrogen-bond acceptors (Lipinski definition) is 5. The van der Waals surface area contributed by atoms with E-state index in [1.54, 1.807) is 6.26 Å². The SMILES string of the molecule is O=C(C[C@@H]1OC[C@H]2CN(Cc3ccoc3)CC[C@H]21)N1CCCC1.O=C(O)C(F)(F)F. The van der Waals surface area contributed by atoms with Gasteiger partial charge in [0.25, 0.3) is 0 Å². The van der Waals surface area contributed by atoms with Crippen molar-refractivity contribution in [3.63, 3.8) is 0 Å². The molecule has 1 aromatic heterocycles. The second-order valence-corrected chi connectivity index (χ2v) is 8.05. The van der Waals surface area contributed by atoms with Gasteiger partial charge in [0.05, 0.1) is 31.7 Å². The highest BCUT2D eigenvalue weighted by Gasteiger charge is 2.42. The van der Waals surface area contributed by atoms with E-state index in [0.29, 0.717) is 24.2 Å². The second kappa shape index (κ2) is 9.82. The zero-order valence-electron chi connectivity index (χ0n) is 16.6. The molecular weight excluding hydrogens is 405 g/mol. The molecule has 0 aliphatic carbocycles. The normalized spacial score (nSPS) is 26.8. The third-order valence-electron chi connectivity index (χ3n) is 5.94. The van der Waals surface area contributed by atoms with E-state index in [2.05, 4.69) is 4.90 Å². The zero-order chi connectivity index (χ0) is 21.7. The Morgan fingerprint density at radius 3 is 2.50 bits per heavy atom. The minimum atomic E-state index is -5.08. The molecule has 1 aromatic rings. The number of alkyl halides is 3. The predicted molar refractivity (Wildman–Crippen MR) is 99.4 cm³/mol. The molecule has 30 heavy (non-hydrogen) atoms. The minimum absolute atomic E-state index is 0.143. The van der Waals surface area contributed by atoms with E-state index >= 15 is 0 Å².